The Morgan fingerprint density at radius 1 is 1.48 bits per heavy atom. The molecular weight excluding hydrogens is 293 g/mol. The largest absolute Gasteiger partial charge is 0.345 e. The van der Waals surface area contributed by atoms with Crippen LogP contribution in [0.15, 0.2) is 33.7 Å². The van der Waals surface area contributed by atoms with E-state index < -0.39 is 0 Å². The van der Waals surface area contributed by atoms with E-state index in [0.29, 0.717) is 22.4 Å². The van der Waals surface area contributed by atoms with Crippen molar-refractivity contribution in [2.45, 2.75) is 31.2 Å². The molecule has 0 fully saturated rings. The maximum Gasteiger partial charge on any atom is 0.248 e. The van der Waals surface area contributed by atoms with E-state index in [1.54, 1.807) is 32.0 Å². The molecule has 112 valence electrons. The third-order valence-corrected chi connectivity index (χ3v) is 3.76. The first-order chi connectivity index (χ1) is 10.1. The molecule has 0 aliphatic heterocycles. The van der Waals surface area contributed by atoms with Crippen molar-refractivity contribution in [3.05, 3.63) is 41.8 Å². The van der Waals surface area contributed by atoms with Crippen LogP contribution in [0.2, 0.25) is 0 Å². The maximum absolute atomic E-state index is 13.4. The number of rotatable bonds is 6. The Morgan fingerprint density at radius 3 is 2.90 bits per heavy atom. The van der Waals surface area contributed by atoms with Crippen molar-refractivity contribution in [2.24, 2.45) is 0 Å². The molecule has 1 aromatic heterocycles. The number of hydrogen-bond donors (Lipinski definition) is 1. The van der Waals surface area contributed by atoms with Crippen LogP contribution in [0.4, 0.5) is 4.39 Å². The molecule has 1 aromatic carbocycles. The summed E-state index contributed by atoms with van der Waals surface area (Å²) >= 11 is 1.32. The molecule has 2 rings (SSSR count). The molecule has 7 heteroatoms. The smallest absolute Gasteiger partial charge is 0.248 e. The normalized spacial score (nSPS) is 12.1. The fraction of sp³-hybridized carbons (Fsp3) is 0.357. The highest BCUT2D eigenvalue weighted by atomic mass is 32.2. The van der Waals surface area contributed by atoms with Crippen LogP contribution >= 0.6 is 11.8 Å². The van der Waals surface area contributed by atoms with Gasteiger partial charge in [0.2, 0.25) is 11.8 Å². The van der Waals surface area contributed by atoms with Crippen LogP contribution in [0.3, 0.4) is 0 Å². The first-order valence-electron chi connectivity index (χ1n) is 6.53. The quantitative estimate of drug-likeness (QED) is 0.831. The molecule has 0 bridgehead atoms. The summed E-state index contributed by atoms with van der Waals surface area (Å²) in [6, 6.07) is 6.17. The Hall–Kier alpha value is -1.89. The van der Waals surface area contributed by atoms with Gasteiger partial charge in [-0.2, -0.15) is 4.98 Å². The predicted molar refractivity (Wildman–Crippen MR) is 77.3 cm³/mol. The number of amides is 1. The van der Waals surface area contributed by atoms with Gasteiger partial charge in [0.05, 0.1) is 0 Å². The lowest BCUT2D eigenvalue weighted by atomic mass is 10.3. The number of hydrogen-bond acceptors (Lipinski definition) is 5. The second kappa shape index (κ2) is 7.21. The number of benzene rings is 1. The highest BCUT2D eigenvalue weighted by Crippen LogP contribution is 2.21. The Bertz CT molecular complexity index is 618. The van der Waals surface area contributed by atoms with Crippen molar-refractivity contribution in [3.63, 3.8) is 0 Å². The first kappa shape index (κ1) is 15.5. The van der Waals surface area contributed by atoms with E-state index in [9.17, 15) is 9.18 Å². The molecule has 21 heavy (non-hydrogen) atoms. The molecule has 2 aromatic rings. The van der Waals surface area contributed by atoms with Crippen molar-refractivity contribution >= 4 is 17.7 Å². The SMILES string of the molecule is Cc1noc([C@@H](C)NC(=O)CCSc2ccccc2F)n1. The van der Waals surface area contributed by atoms with Gasteiger partial charge in [0, 0.05) is 17.1 Å². The number of nitrogens with zero attached hydrogens (tertiary/aromatic N) is 2. The molecule has 0 spiro atoms. The van der Waals surface area contributed by atoms with Gasteiger partial charge in [0.1, 0.15) is 11.9 Å². The number of carbonyl (C=O) groups is 1. The minimum Gasteiger partial charge on any atom is -0.345 e. The lowest BCUT2D eigenvalue weighted by Gasteiger charge is -2.09. The van der Waals surface area contributed by atoms with Gasteiger partial charge in [-0.1, -0.05) is 17.3 Å². The van der Waals surface area contributed by atoms with Crippen molar-refractivity contribution < 1.29 is 13.7 Å². The van der Waals surface area contributed by atoms with E-state index in [1.807, 2.05) is 0 Å². The number of carbonyl (C=O) groups excluding carboxylic acids is 1. The summed E-state index contributed by atoms with van der Waals surface area (Å²) in [7, 11) is 0. The van der Waals surface area contributed by atoms with Crippen LogP contribution in [0.1, 0.15) is 31.1 Å². The van der Waals surface area contributed by atoms with Crippen molar-refractivity contribution in [2.75, 3.05) is 5.75 Å². The summed E-state index contributed by atoms with van der Waals surface area (Å²) in [5, 5.41) is 6.44. The van der Waals surface area contributed by atoms with Crippen LogP contribution in [-0.2, 0) is 4.79 Å². The number of nitrogens with one attached hydrogen (secondary N) is 1. The second-order valence-electron chi connectivity index (χ2n) is 4.50. The molecule has 0 aliphatic carbocycles. The fourth-order valence-corrected chi connectivity index (χ4v) is 2.57. The minimum absolute atomic E-state index is 0.137. The van der Waals surface area contributed by atoms with Crippen LogP contribution in [-0.4, -0.2) is 21.8 Å². The lowest BCUT2D eigenvalue weighted by molar-refractivity contribution is -0.121. The topological polar surface area (TPSA) is 68.0 Å². The van der Waals surface area contributed by atoms with Gasteiger partial charge >= 0.3 is 0 Å². The summed E-state index contributed by atoms with van der Waals surface area (Å²) in [5.41, 5.74) is 0. The fourth-order valence-electron chi connectivity index (χ4n) is 1.68. The van der Waals surface area contributed by atoms with E-state index in [0.717, 1.165) is 0 Å². The zero-order chi connectivity index (χ0) is 15.2. The monoisotopic (exact) mass is 309 g/mol. The number of halogens is 1. The molecule has 5 nitrogen and oxygen atoms in total. The number of thioether (sulfide) groups is 1. The third-order valence-electron chi connectivity index (χ3n) is 2.71. The molecule has 1 N–H and O–H groups in total. The number of aryl methyl sites for hydroxylation is 1. The summed E-state index contributed by atoms with van der Waals surface area (Å²) in [6.07, 6.45) is 0.288. The molecule has 1 amide bonds. The zero-order valence-corrected chi connectivity index (χ0v) is 12.6. The summed E-state index contributed by atoms with van der Waals surface area (Å²) in [5.74, 6) is 1.01. The van der Waals surface area contributed by atoms with Crippen molar-refractivity contribution in [1.82, 2.24) is 15.5 Å². The predicted octanol–water partition coefficient (Wildman–Crippen LogP) is 2.88. The van der Waals surface area contributed by atoms with Crippen LogP contribution in [0.5, 0.6) is 0 Å². The first-order valence-corrected chi connectivity index (χ1v) is 7.51. The van der Waals surface area contributed by atoms with Gasteiger partial charge < -0.3 is 9.84 Å². The van der Waals surface area contributed by atoms with E-state index in [1.165, 1.54) is 17.8 Å². The maximum atomic E-state index is 13.4. The van der Waals surface area contributed by atoms with E-state index in [4.69, 9.17) is 4.52 Å². The summed E-state index contributed by atoms with van der Waals surface area (Å²) < 4.78 is 18.4. The minimum atomic E-state index is -0.336. The standard InChI is InChI=1S/C14H16FN3O2S/c1-9(14-17-10(2)18-20-14)16-13(19)7-8-21-12-6-4-3-5-11(12)15/h3-6,9H,7-8H2,1-2H3,(H,16,19)/t9-/m1/s1. The van der Waals surface area contributed by atoms with Gasteiger partial charge in [-0.05, 0) is 26.0 Å². The Balaban J connectivity index is 1.76. The Labute approximate surface area is 126 Å². The Morgan fingerprint density at radius 2 is 2.24 bits per heavy atom. The zero-order valence-electron chi connectivity index (χ0n) is 11.8. The lowest BCUT2D eigenvalue weighted by Crippen LogP contribution is -2.27. The molecule has 1 atom stereocenters. The molecule has 0 aliphatic rings. The van der Waals surface area contributed by atoms with Gasteiger partial charge in [-0.25, -0.2) is 4.39 Å². The highest BCUT2D eigenvalue weighted by Gasteiger charge is 2.15. The third kappa shape index (κ3) is 4.56. The van der Waals surface area contributed by atoms with Crippen LogP contribution in [0.25, 0.3) is 0 Å². The van der Waals surface area contributed by atoms with E-state index in [2.05, 4.69) is 15.5 Å². The number of aromatic nitrogens is 2. The average Bonchev–Trinajstić information content (AvgIpc) is 2.88. The summed E-state index contributed by atoms with van der Waals surface area (Å²) in [4.78, 5) is 16.4. The van der Waals surface area contributed by atoms with Gasteiger partial charge in [-0.3, -0.25) is 4.79 Å². The van der Waals surface area contributed by atoms with Gasteiger partial charge in [-0.15, -0.1) is 11.8 Å². The molecule has 0 saturated carbocycles. The van der Waals surface area contributed by atoms with Gasteiger partial charge in [0.25, 0.3) is 0 Å². The molecular formula is C14H16FN3O2S. The molecule has 1 heterocycles. The Kier molecular flexibility index (Phi) is 5.32. The van der Waals surface area contributed by atoms with Gasteiger partial charge in [0.15, 0.2) is 5.82 Å². The van der Waals surface area contributed by atoms with E-state index in [-0.39, 0.29) is 24.2 Å². The second-order valence-corrected chi connectivity index (χ2v) is 5.63. The van der Waals surface area contributed by atoms with Crippen LogP contribution < -0.4 is 5.32 Å². The molecule has 0 radical (unpaired) electrons. The van der Waals surface area contributed by atoms with Crippen molar-refractivity contribution in [3.8, 4) is 0 Å². The van der Waals surface area contributed by atoms with E-state index >= 15 is 0 Å². The van der Waals surface area contributed by atoms with Crippen LogP contribution in [0, 0.1) is 12.7 Å². The molecule has 0 saturated heterocycles. The van der Waals surface area contributed by atoms with Crippen molar-refractivity contribution in [1.29, 1.82) is 0 Å². The molecule has 0 unspecified atom stereocenters. The average molecular weight is 309 g/mol. The summed E-state index contributed by atoms with van der Waals surface area (Å²) in [6.45, 7) is 3.49. The highest BCUT2D eigenvalue weighted by molar-refractivity contribution is 7.99.